The lowest BCUT2D eigenvalue weighted by Crippen LogP contribution is -2.50. The van der Waals surface area contributed by atoms with E-state index >= 15 is 0 Å². The number of halogens is 1. The smallest absolute Gasteiger partial charge is 0.236 e. The maximum absolute atomic E-state index is 12.3. The van der Waals surface area contributed by atoms with Crippen molar-refractivity contribution in [2.24, 2.45) is 0 Å². The number of hydrogen-bond acceptors (Lipinski definition) is 5. The van der Waals surface area contributed by atoms with Crippen LogP contribution in [0.15, 0.2) is 16.7 Å². The lowest BCUT2D eigenvalue weighted by molar-refractivity contribution is -0.131. The molecule has 2 aromatic heterocycles. The van der Waals surface area contributed by atoms with E-state index in [2.05, 4.69) is 40.7 Å². The van der Waals surface area contributed by atoms with Gasteiger partial charge in [0.2, 0.25) is 11.9 Å². The molecular weight excluding hydrogens is 372 g/mol. The number of carbonyl (C=O) groups is 1. The number of fused-ring (bicyclic) bond motifs is 1. The third-order valence-corrected chi connectivity index (χ3v) is 5.21. The molecular formula is C16H21BrN6O. The zero-order chi connectivity index (χ0) is 16.5. The maximum atomic E-state index is 12.3. The van der Waals surface area contributed by atoms with E-state index in [1.54, 1.807) is 6.20 Å². The van der Waals surface area contributed by atoms with Gasteiger partial charge in [-0.25, -0.2) is 4.98 Å². The molecule has 2 fully saturated rings. The van der Waals surface area contributed by atoms with Gasteiger partial charge < -0.3 is 14.8 Å². The molecule has 2 aromatic rings. The number of pyridine rings is 1. The number of nitrogens with one attached hydrogen (secondary N) is 1. The van der Waals surface area contributed by atoms with E-state index < -0.39 is 0 Å². The fourth-order valence-corrected chi connectivity index (χ4v) is 3.72. The van der Waals surface area contributed by atoms with E-state index in [-0.39, 0.29) is 5.91 Å². The SMILES string of the molecule is O=C(CN1CCN(c2nc3ncc(Br)cc3[nH]2)CC1)N1CCCC1. The minimum absolute atomic E-state index is 0.277. The zero-order valence-corrected chi connectivity index (χ0v) is 15.1. The Hall–Kier alpha value is -1.67. The molecule has 0 radical (unpaired) electrons. The Morgan fingerprint density at radius 1 is 1.17 bits per heavy atom. The Morgan fingerprint density at radius 2 is 1.92 bits per heavy atom. The topological polar surface area (TPSA) is 68.4 Å². The second kappa shape index (κ2) is 6.68. The van der Waals surface area contributed by atoms with Crippen LogP contribution in [0.25, 0.3) is 11.2 Å². The normalized spacial score (nSPS) is 19.4. The van der Waals surface area contributed by atoms with Gasteiger partial charge in [0.25, 0.3) is 0 Å². The number of amides is 1. The Balaban J connectivity index is 1.35. The average Bonchev–Trinajstić information content (AvgIpc) is 3.24. The number of imidazole rings is 1. The minimum Gasteiger partial charge on any atom is -0.342 e. The van der Waals surface area contributed by atoms with Crippen LogP contribution in [0.4, 0.5) is 5.95 Å². The van der Waals surface area contributed by atoms with Crippen LogP contribution in [0.3, 0.4) is 0 Å². The Morgan fingerprint density at radius 3 is 2.67 bits per heavy atom. The summed E-state index contributed by atoms with van der Waals surface area (Å²) in [6.07, 6.45) is 4.06. The Kier molecular flexibility index (Phi) is 4.41. The van der Waals surface area contributed by atoms with Gasteiger partial charge in [-0.3, -0.25) is 9.69 Å². The molecule has 128 valence electrons. The van der Waals surface area contributed by atoms with Crippen molar-refractivity contribution in [3.05, 3.63) is 16.7 Å². The molecule has 0 saturated carbocycles. The van der Waals surface area contributed by atoms with Crippen molar-refractivity contribution in [1.82, 2.24) is 24.8 Å². The number of aromatic nitrogens is 3. The van der Waals surface area contributed by atoms with Gasteiger partial charge in [-0.2, -0.15) is 4.98 Å². The van der Waals surface area contributed by atoms with E-state index in [1.165, 1.54) is 0 Å². The molecule has 2 saturated heterocycles. The van der Waals surface area contributed by atoms with Crippen LogP contribution in [0.2, 0.25) is 0 Å². The molecule has 0 unspecified atom stereocenters. The van der Waals surface area contributed by atoms with Gasteiger partial charge in [0.05, 0.1) is 12.1 Å². The second-order valence-corrected chi connectivity index (χ2v) is 7.35. The number of carbonyl (C=O) groups excluding carboxylic acids is 1. The molecule has 8 heteroatoms. The molecule has 4 rings (SSSR count). The van der Waals surface area contributed by atoms with E-state index in [4.69, 9.17) is 0 Å². The van der Waals surface area contributed by atoms with Gasteiger partial charge in [0.15, 0.2) is 5.65 Å². The highest BCUT2D eigenvalue weighted by Crippen LogP contribution is 2.20. The number of likely N-dealkylation sites (tertiary alicyclic amines) is 1. The molecule has 4 heterocycles. The summed E-state index contributed by atoms with van der Waals surface area (Å²) in [4.78, 5) is 30.9. The number of rotatable bonds is 3. The molecule has 0 bridgehead atoms. The average molecular weight is 393 g/mol. The van der Waals surface area contributed by atoms with E-state index in [0.717, 1.165) is 73.7 Å². The van der Waals surface area contributed by atoms with Gasteiger partial charge in [-0.15, -0.1) is 0 Å². The standard InChI is InChI=1S/C16H21BrN6O/c17-12-9-13-15(18-10-12)20-16(19-13)23-7-5-21(6-8-23)11-14(24)22-3-1-2-4-22/h9-10H,1-8,11H2,(H,18,19,20). The highest BCUT2D eigenvalue weighted by molar-refractivity contribution is 9.10. The van der Waals surface area contributed by atoms with Gasteiger partial charge in [-0.1, -0.05) is 0 Å². The van der Waals surface area contributed by atoms with Crippen molar-refractivity contribution in [3.8, 4) is 0 Å². The third kappa shape index (κ3) is 3.25. The molecule has 24 heavy (non-hydrogen) atoms. The van der Waals surface area contributed by atoms with Crippen molar-refractivity contribution in [3.63, 3.8) is 0 Å². The summed E-state index contributed by atoms with van der Waals surface area (Å²) in [6.45, 7) is 5.91. The number of hydrogen-bond donors (Lipinski definition) is 1. The largest absolute Gasteiger partial charge is 0.342 e. The molecule has 7 nitrogen and oxygen atoms in total. The summed E-state index contributed by atoms with van der Waals surface area (Å²) in [5, 5.41) is 0. The predicted octanol–water partition coefficient (Wildman–Crippen LogP) is 1.46. The van der Waals surface area contributed by atoms with Gasteiger partial charge >= 0.3 is 0 Å². The van der Waals surface area contributed by atoms with Crippen molar-refractivity contribution in [1.29, 1.82) is 0 Å². The quantitative estimate of drug-likeness (QED) is 0.856. The van der Waals surface area contributed by atoms with E-state index in [1.807, 2.05) is 11.0 Å². The summed E-state index contributed by atoms with van der Waals surface area (Å²) in [6, 6.07) is 1.99. The summed E-state index contributed by atoms with van der Waals surface area (Å²) in [5.41, 5.74) is 1.67. The van der Waals surface area contributed by atoms with E-state index in [0.29, 0.717) is 6.54 Å². The van der Waals surface area contributed by atoms with Crippen LogP contribution < -0.4 is 4.90 Å². The van der Waals surface area contributed by atoms with Crippen molar-refractivity contribution in [2.75, 3.05) is 50.7 Å². The molecule has 0 aliphatic carbocycles. The number of piperazine rings is 1. The number of H-pyrrole nitrogens is 1. The van der Waals surface area contributed by atoms with Crippen molar-refractivity contribution >= 4 is 38.9 Å². The lowest BCUT2D eigenvalue weighted by atomic mass is 10.3. The van der Waals surface area contributed by atoms with Crippen LogP contribution in [0, 0.1) is 0 Å². The first-order chi connectivity index (χ1) is 11.7. The summed E-state index contributed by atoms with van der Waals surface area (Å²) < 4.78 is 0.940. The summed E-state index contributed by atoms with van der Waals surface area (Å²) in [7, 11) is 0. The first kappa shape index (κ1) is 15.8. The lowest BCUT2D eigenvalue weighted by Gasteiger charge is -2.34. The van der Waals surface area contributed by atoms with Gasteiger partial charge in [0.1, 0.15) is 0 Å². The first-order valence-corrected chi connectivity index (χ1v) is 9.25. The first-order valence-electron chi connectivity index (χ1n) is 8.45. The summed E-state index contributed by atoms with van der Waals surface area (Å²) >= 11 is 3.43. The fraction of sp³-hybridized carbons (Fsp3) is 0.562. The molecule has 0 atom stereocenters. The maximum Gasteiger partial charge on any atom is 0.236 e. The molecule has 1 N–H and O–H groups in total. The number of aromatic amines is 1. The molecule has 0 spiro atoms. The Bertz CT molecular complexity index is 733. The number of anilines is 1. The zero-order valence-electron chi connectivity index (χ0n) is 13.5. The fourth-order valence-electron chi connectivity index (χ4n) is 3.39. The number of nitrogens with zero attached hydrogens (tertiary/aromatic N) is 5. The van der Waals surface area contributed by atoms with Gasteiger partial charge in [0, 0.05) is 49.9 Å². The second-order valence-electron chi connectivity index (χ2n) is 6.44. The minimum atomic E-state index is 0.277. The molecule has 1 amide bonds. The van der Waals surface area contributed by atoms with Crippen LogP contribution >= 0.6 is 15.9 Å². The van der Waals surface area contributed by atoms with Gasteiger partial charge in [-0.05, 0) is 34.8 Å². The Labute approximate surface area is 149 Å². The van der Waals surface area contributed by atoms with Crippen LogP contribution in [0.5, 0.6) is 0 Å². The molecule has 2 aliphatic heterocycles. The monoisotopic (exact) mass is 392 g/mol. The van der Waals surface area contributed by atoms with Crippen LogP contribution in [0.1, 0.15) is 12.8 Å². The highest BCUT2D eigenvalue weighted by atomic mass is 79.9. The van der Waals surface area contributed by atoms with Crippen molar-refractivity contribution in [2.45, 2.75) is 12.8 Å². The van der Waals surface area contributed by atoms with Crippen LogP contribution in [-0.4, -0.2) is 76.5 Å². The molecule has 0 aromatic carbocycles. The van der Waals surface area contributed by atoms with Crippen LogP contribution in [-0.2, 0) is 4.79 Å². The van der Waals surface area contributed by atoms with Crippen molar-refractivity contribution < 1.29 is 4.79 Å². The third-order valence-electron chi connectivity index (χ3n) is 4.78. The summed E-state index contributed by atoms with van der Waals surface area (Å²) in [5.74, 6) is 1.14. The predicted molar refractivity (Wildman–Crippen MR) is 96.1 cm³/mol. The van der Waals surface area contributed by atoms with E-state index in [9.17, 15) is 4.79 Å². The molecule has 2 aliphatic rings. The highest BCUT2D eigenvalue weighted by Gasteiger charge is 2.24.